The SMILES string of the molecule is C=C(/C=c1\c(=C/CF)c(=O)c(C(=O)O)cn1C1CC1)N1CCNCC1. The van der Waals surface area contributed by atoms with E-state index < -0.39 is 18.1 Å². The van der Waals surface area contributed by atoms with Crippen LogP contribution in [0.25, 0.3) is 12.2 Å². The lowest BCUT2D eigenvalue weighted by atomic mass is 10.2. The van der Waals surface area contributed by atoms with Crippen molar-refractivity contribution in [2.75, 3.05) is 32.9 Å². The zero-order chi connectivity index (χ0) is 18.0. The molecule has 0 spiro atoms. The topological polar surface area (TPSA) is 74.6 Å². The number of aromatic nitrogens is 1. The molecular weight excluding hydrogens is 325 g/mol. The van der Waals surface area contributed by atoms with Crippen molar-refractivity contribution >= 4 is 18.1 Å². The maximum Gasteiger partial charge on any atom is 0.341 e. The van der Waals surface area contributed by atoms with E-state index in [1.54, 1.807) is 10.6 Å². The number of nitrogens with zero attached hydrogens (tertiary/aromatic N) is 2. The average molecular weight is 347 g/mol. The molecule has 0 aromatic carbocycles. The van der Waals surface area contributed by atoms with E-state index in [2.05, 4.69) is 16.8 Å². The van der Waals surface area contributed by atoms with Crippen molar-refractivity contribution in [3.05, 3.63) is 44.8 Å². The molecule has 1 saturated heterocycles. The minimum absolute atomic E-state index is 0.102. The third-order valence-corrected chi connectivity index (χ3v) is 4.59. The number of rotatable bonds is 5. The third-order valence-electron chi connectivity index (χ3n) is 4.59. The molecule has 3 rings (SSSR count). The van der Waals surface area contributed by atoms with Crippen LogP contribution < -0.4 is 21.3 Å². The second-order valence-electron chi connectivity index (χ2n) is 6.35. The highest BCUT2D eigenvalue weighted by Crippen LogP contribution is 2.33. The first kappa shape index (κ1) is 17.4. The van der Waals surface area contributed by atoms with Crippen LogP contribution in [0.5, 0.6) is 0 Å². The summed E-state index contributed by atoms with van der Waals surface area (Å²) >= 11 is 0. The summed E-state index contributed by atoms with van der Waals surface area (Å²) < 4.78 is 14.8. The van der Waals surface area contributed by atoms with E-state index in [0.717, 1.165) is 50.8 Å². The highest BCUT2D eigenvalue weighted by Gasteiger charge is 2.26. The smallest absolute Gasteiger partial charge is 0.341 e. The van der Waals surface area contributed by atoms with Gasteiger partial charge in [0.25, 0.3) is 0 Å². The van der Waals surface area contributed by atoms with Crippen molar-refractivity contribution in [2.24, 2.45) is 0 Å². The molecule has 1 aromatic rings. The molecule has 0 bridgehead atoms. The number of piperazine rings is 1. The van der Waals surface area contributed by atoms with Gasteiger partial charge in [-0.3, -0.25) is 4.79 Å². The molecule has 1 aliphatic carbocycles. The first-order valence-electron chi connectivity index (χ1n) is 8.44. The van der Waals surface area contributed by atoms with Gasteiger partial charge in [0.2, 0.25) is 5.43 Å². The van der Waals surface area contributed by atoms with Crippen LogP contribution in [0, 0.1) is 0 Å². The highest BCUT2D eigenvalue weighted by atomic mass is 19.1. The number of allylic oxidation sites excluding steroid dienone is 1. The van der Waals surface area contributed by atoms with Crippen molar-refractivity contribution in [1.82, 2.24) is 14.8 Å². The Morgan fingerprint density at radius 2 is 2.08 bits per heavy atom. The Balaban J connectivity index is 2.20. The Bertz CT molecular complexity index is 865. The fourth-order valence-corrected chi connectivity index (χ4v) is 3.10. The first-order chi connectivity index (χ1) is 12.0. The van der Waals surface area contributed by atoms with Gasteiger partial charge in [-0.25, -0.2) is 9.18 Å². The molecule has 0 unspecified atom stereocenters. The Kier molecular flexibility index (Phi) is 5.03. The number of hydrogen-bond acceptors (Lipinski definition) is 4. The summed E-state index contributed by atoms with van der Waals surface area (Å²) in [6, 6.07) is 0.146. The van der Waals surface area contributed by atoms with Crippen LogP contribution in [0.1, 0.15) is 29.2 Å². The van der Waals surface area contributed by atoms with E-state index in [0.29, 0.717) is 5.35 Å². The molecule has 7 heteroatoms. The van der Waals surface area contributed by atoms with E-state index in [4.69, 9.17) is 0 Å². The molecule has 6 nitrogen and oxygen atoms in total. The molecule has 2 fully saturated rings. The lowest BCUT2D eigenvalue weighted by molar-refractivity contribution is 0.0694. The van der Waals surface area contributed by atoms with E-state index >= 15 is 0 Å². The number of hydrogen-bond donors (Lipinski definition) is 2. The van der Waals surface area contributed by atoms with Gasteiger partial charge in [-0.2, -0.15) is 0 Å². The molecule has 2 aliphatic rings. The second kappa shape index (κ2) is 7.23. The summed E-state index contributed by atoms with van der Waals surface area (Å²) in [5.74, 6) is -1.29. The molecule has 2 N–H and O–H groups in total. The molecule has 0 amide bonds. The normalized spacial score (nSPS) is 19.3. The Hall–Kier alpha value is -2.41. The number of halogens is 1. The lowest BCUT2D eigenvalue weighted by Gasteiger charge is -2.29. The van der Waals surface area contributed by atoms with E-state index in [1.165, 1.54) is 6.20 Å². The molecular formula is C18H22FN3O3. The molecule has 1 aromatic heterocycles. The largest absolute Gasteiger partial charge is 0.477 e. The first-order valence-corrected chi connectivity index (χ1v) is 8.44. The van der Waals surface area contributed by atoms with Gasteiger partial charge < -0.3 is 19.9 Å². The molecule has 0 radical (unpaired) electrons. The van der Waals surface area contributed by atoms with Crippen molar-refractivity contribution in [2.45, 2.75) is 18.9 Å². The van der Waals surface area contributed by atoms with E-state index in [1.807, 2.05) is 0 Å². The van der Waals surface area contributed by atoms with Crippen LogP contribution in [-0.2, 0) is 0 Å². The zero-order valence-corrected chi connectivity index (χ0v) is 14.0. The second-order valence-corrected chi connectivity index (χ2v) is 6.35. The van der Waals surface area contributed by atoms with Gasteiger partial charge in [0.05, 0.1) is 5.35 Å². The number of carbonyl (C=O) groups is 1. The zero-order valence-electron chi connectivity index (χ0n) is 14.0. The number of aromatic carboxylic acids is 1. The Morgan fingerprint density at radius 3 is 2.64 bits per heavy atom. The van der Waals surface area contributed by atoms with Gasteiger partial charge in [0.15, 0.2) is 0 Å². The maximum atomic E-state index is 13.0. The van der Waals surface area contributed by atoms with Gasteiger partial charge in [-0.1, -0.05) is 6.58 Å². The van der Waals surface area contributed by atoms with Gasteiger partial charge in [-0.15, -0.1) is 0 Å². The highest BCUT2D eigenvalue weighted by molar-refractivity contribution is 5.87. The summed E-state index contributed by atoms with van der Waals surface area (Å²) in [5.41, 5.74) is -0.232. The number of carboxylic acid groups (broad SMARTS) is 1. The average Bonchev–Trinajstić information content (AvgIpc) is 3.43. The van der Waals surface area contributed by atoms with Gasteiger partial charge in [-0.05, 0) is 25.0 Å². The van der Waals surface area contributed by atoms with Crippen molar-refractivity contribution < 1.29 is 14.3 Å². The molecule has 0 atom stereocenters. The van der Waals surface area contributed by atoms with Crippen LogP contribution in [0.4, 0.5) is 4.39 Å². The Labute approximate surface area is 144 Å². The van der Waals surface area contributed by atoms with Gasteiger partial charge in [0.1, 0.15) is 12.2 Å². The summed E-state index contributed by atoms with van der Waals surface area (Å²) in [6.45, 7) is 6.57. The minimum Gasteiger partial charge on any atom is -0.477 e. The van der Waals surface area contributed by atoms with Crippen molar-refractivity contribution in [3.63, 3.8) is 0 Å². The summed E-state index contributed by atoms with van der Waals surface area (Å²) in [6.07, 6.45) is 6.15. The third kappa shape index (κ3) is 3.66. The van der Waals surface area contributed by atoms with Crippen LogP contribution in [0.2, 0.25) is 0 Å². The lowest BCUT2D eigenvalue weighted by Crippen LogP contribution is -2.48. The minimum atomic E-state index is -1.29. The van der Waals surface area contributed by atoms with Crippen molar-refractivity contribution in [3.8, 4) is 0 Å². The quantitative estimate of drug-likeness (QED) is 0.774. The molecule has 1 saturated carbocycles. The number of nitrogens with one attached hydrogen (secondary N) is 1. The predicted octanol–water partition coefficient (Wildman–Crippen LogP) is -0.169. The molecule has 1 aliphatic heterocycles. The summed E-state index contributed by atoms with van der Waals surface area (Å²) in [7, 11) is 0. The fourth-order valence-electron chi connectivity index (χ4n) is 3.10. The number of carboxylic acids is 1. The van der Waals surface area contributed by atoms with E-state index in [-0.39, 0.29) is 16.8 Å². The van der Waals surface area contributed by atoms with Gasteiger partial charge >= 0.3 is 5.97 Å². The summed E-state index contributed by atoms with van der Waals surface area (Å²) in [4.78, 5) is 26.0. The van der Waals surface area contributed by atoms with Crippen LogP contribution >= 0.6 is 0 Å². The van der Waals surface area contributed by atoms with Crippen LogP contribution in [0.15, 0.2) is 23.3 Å². The monoisotopic (exact) mass is 347 g/mol. The standard InChI is InChI=1S/C18H22FN3O3/c1-12(21-8-6-20-7-9-21)10-16-14(4-5-19)17(23)15(18(24)25)11-22(16)13-2-3-13/h4,10-11,13,20H,1-3,5-9H2,(H,24,25)/b14-4+,16-10+. The number of pyridine rings is 1. The van der Waals surface area contributed by atoms with E-state index in [9.17, 15) is 19.1 Å². The Morgan fingerprint density at radius 1 is 1.40 bits per heavy atom. The molecule has 134 valence electrons. The van der Waals surface area contributed by atoms with Crippen LogP contribution in [0.3, 0.4) is 0 Å². The van der Waals surface area contributed by atoms with Crippen molar-refractivity contribution in [1.29, 1.82) is 0 Å². The predicted molar refractivity (Wildman–Crippen MR) is 93.7 cm³/mol. The van der Waals surface area contributed by atoms with Gasteiger partial charge in [0, 0.05) is 49.3 Å². The maximum absolute atomic E-state index is 13.0. The number of alkyl halides is 1. The summed E-state index contributed by atoms with van der Waals surface area (Å²) in [5, 5.41) is 13.2. The van der Waals surface area contributed by atoms with Crippen LogP contribution in [-0.4, -0.2) is 53.4 Å². The molecule has 2 heterocycles. The fraction of sp³-hybridized carbons (Fsp3) is 0.444. The molecule has 25 heavy (non-hydrogen) atoms.